The number of thioether (sulfide) groups is 1. The topological polar surface area (TPSA) is 71.5 Å². The van der Waals surface area contributed by atoms with Gasteiger partial charge in [0.05, 0.1) is 10.5 Å². The molecule has 1 aliphatic heterocycles. The molecule has 1 fully saturated rings. The zero-order chi connectivity index (χ0) is 19.2. The Morgan fingerprint density at radius 1 is 1.33 bits per heavy atom. The first-order valence-electron chi connectivity index (χ1n) is 7.91. The minimum absolute atomic E-state index is 0.259. The van der Waals surface area contributed by atoms with Crippen LogP contribution in [0, 0.1) is 0 Å². The van der Waals surface area contributed by atoms with Crippen LogP contribution in [0.25, 0.3) is 6.08 Å². The lowest BCUT2D eigenvalue weighted by atomic mass is 10.2. The molecule has 0 spiro atoms. The van der Waals surface area contributed by atoms with Gasteiger partial charge in [0.2, 0.25) is 0 Å². The summed E-state index contributed by atoms with van der Waals surface area (Å²) >= 11 is 6.34. The van der Waals surface area contributed by atoms with Gasteiger partial charge in [0.25, 0.3) is 11.8 Å². The maximum atomic E-state index is 12.6. The fraction of sp³-hybridized carbons (Fsp3) is 0.0526. The molecule has 2 heterocycles. The monoisotopic (exact) mass is 397 g/mol. The number of carbonyl (C=O) groups excluding carboxylic acids is 2. The summed E-state index contributed by atoms with van der Waals surface area (Å²) in [5.41, 5.74) is 3.67. The van der Waals surface area contributed by atoms with Crippen LogP contribution in [0.1, 0.15) is 15.9 Å². The summed E-state index contributed by atoms with van der Waals surface area (Å²) in [6, 6.07) is 10.5. The Labute approximate surface area is 165 Å². The molecule has 1 saturated heterocycles. The van der Waals surface area contributed by atoms with E-state index in [2.05, 4.69) is 17.0 Å². The largest absolute Gasteiger partial charge is 0.490 e. The van der Waals surface area contributed by atoms with Gasteiger partial charge in [0, 0.05) is 12.4 Å². The van der Waals surface area contributed by atoms with Gasteiger partial charge in [-0.05, 0) is 48.1 Å². The molecule has 0 radical (unpaired) electrons. The van der Waals surface area contributed by atoms with E-state index in [0.29, 0.717) is 22.8 Å². The summed E-state index contributed by atoms with van der Waals surface area (Å²) in [4.78, 5) is 29.1. The van der Waals surface area contributed by atoms with Crippen LogP contribution in [0.3, 0.4) is 0 Å². The summed E-state index contributed by atoms with van der Waals surface area (Å²) in [6.07, 6.45) is 6.36. The molecule has 1 N–H and O–H groups in total. The summed E-state index contributed by atoms with van der Waals surface area (Å²) in [6.45, 7) is 4.02. The van der Waals surface area contributed by atoms with E-state index < -0.39 is 5.91 Å². The van der Waals surface area contributed by atoms with Crippen molar-refractivity contribution < 1.29 is 14.3 Å². The van der Waals surface area contributed by atoms with Gasteiger partial charge in [-0.2, -0.15) is 5.01 Å². The number of ether oxygens (including phenoxy) is 1. The molecule has 1 aromatic heterocycles. The Morgan fingerprint density at radius 2 is 2.11 bits per heavy atom. The van der Waals surface area contributed by atoms with Crippen molar-refractivity contribution in [2.24, 2.45) is 0 Å². The number of thiocarbonyl (C=S) groups is 1. The Bertz CT molecular complexity index is 912. The number of rotatable bonds is 6. The number of amides is 2. The van der Waals surface area contributed by atoms with E-state index in [4.69, 9.17) is 17.0 Å². The van der Waals surface area contributed by atoms with E-state index in [1.165, 1.54) is 6.20 Å². The van der Waals surface area contributed by atoms with E-state index in [9.17, 15) is 9.59 Å². The fourth-order valence-corrected chi connectivity index (χ4v) is 3.37. The van der Waals surface area contributed by atoms with Gasteiger partial charge in [-0.25, -0.2) is 0 Å². The fourth-order valence-electron chi connectivity index (χ4n) is 2.19. The van der Waals surface area contributed by atoms with Gasteiger partial charge < -0.3 is 4.74 Å². The molecule has 8 heteroatoms. The van der Waals surface area contributed by atoms with Crippen molar-refractivity contribution in [3.63, 3.8) is 0 Å². The van der Waals surface area contributed by atoms with Crippen molar-refractivity contribution >= 4 is 46.2 Å². The van der Waals surface area contributed by atoms with Crippen LogP contribution >= 0.6 is 24.0 Å². The van der Waals surface area contributed by atoms with Crippen molar-refractivity contribution in [2.75, 3.05) is 6.61 Å². The number of nitrogens with zero attached hydrogens (tertiary/aromatic N) is 2. The first kappa shape index (κ1) is 18.8. The molecule has 3 rings (SSSR count). The molecule has 1 aliphatic rings. The molecule has 0 atom stereocenters. The molecule has 1 aromatic carbocycles. The van der Waals surface area contributed by atoms with Crippen molar-refractivity contribution in [3.05, 3.63) is 77.5 Å². The molecule has 0 saturated carbocycles. The van der Waals surface area contributed by atoms with E-state index in [-0.39, 0.29) is 10.2 Å². The van der Waals surface area contributed by atoms with Crippen molar-refractivity contribution in [1.29, 1.82) is 0 Å². The Balaban J connectivity index is 1.70. The third-order valence-electron chi connectivity index (χ3n) is 3.48. The summed E-state index contributed by atoms with van der Waals surface area (Å²) in [7, 11) is 0. The third-order valence-corrected chi connectivity index (χ3v) is 4.78. The Morgan fingerprint density at radius 3 is 2.78 bits per heavy atom. The predicted octanol–water partition coefficient (Wildman–Crippen LogP) is 3.19. The predicted molar refractivity (Wildman–Crippen MR) is 109 cm³/mol. The number of carbonyl (C=O) groups is 2. The average molecular weight is 397 g/mol. The second-order valence-electron chi connectivity index (χ2n) is 5.37. The first-order valence-corrected chi connectivity index (χ1v) is 9.13. The molecule has 0 bridgehead atoms. The average Bonchev–Trinajstić information content (AvgIpc) is 2.95. The highest BCUT2D eigenvalue weighted by Gasteiger charge is 2.33. The molecule has 27 heavy (non-hydrogen) atoms. The zero-order valence-electron chi connectivity index (χ0n) is 14.1. The maximum absolute atomic E-state index is 12.6. The highest BCUT2D eigenvalue weighted by atomic mass is 32.2. The second kappa shape index (κ2) is 8.61. The SMILES string of the molecule is C=CCOc1ccc(/C=C2\SC(=S)N(NC(=O)c3cccnc3)C2=O)cc1. The van der Waals surface area contributed by atoms with E-state index in [1.807, 2.05) is 12.1 Å². The molecule has 136 valence electrons. The number of pyridine rings is 1. The molecule has 2 aromatic rings. The molecular weight excluding hydrogens is 382 g/mol. The van der Waals surface area contributed by atoms with Crippen LogP contribution in [0.4, 0.5) is 0 Å². The normalized spacial score (nSPS) is 15.1. The van der Waals surface area contributed by atoms with Crippen molar-refractivity contribution in [3.8, 4) is 5.75 Å². The summed E-state index contributed by atoms with van der Waals surface area (Å²) < 4.78 is 5.69. The second-order valence-corrected chi connectivity index (χ2v) is 7.04. The number of hydrazine groups is 1. The minimum Gasteiger partial charge on any atom is -0.490 e. The number of nitrogens with one attached hydrogen (secondary N) is 1. The van der Waals surface area contributed by atoms with Crippen LogP contribution < -0.4 is 10.2 Å². The van der Waals surface area contributed by atoms with E-state index >= 15 is 0 Å². The van der Waals surface area contributed by atoms with Gasteiger partial charge in [0.1, 0.15) is 12.4 Å². The molecule has 0 unspecified atom stereocenters. The van der Waals surface area contributed by atoms with Crippen LogP contribution in [-0.4, -0.2) is 32.7 Å². The van der Waals surface area contributed by atoms with Gasteiger partial charge in [-0.15, -0.1) is 0 Å². The Kier molecular flexibility index (Phi) is 6.00. The maximum Gasteiger partial charge on any atom is 0.285 e. The highest BCUT2D eigenvalue weighted by Crippen LogP contribution is 2.31. The molecule has 6 nitrogen and oxygen atoms in total. The number of hydrogen-bond donors (Lipinski definition) is 1. The smallest absolute Gasteiger partial charge is 0.285 e. The lowest BCUT2D eigenvalue weighted by molar-refractivity contribution is -0.123. The summed E-state index contributed by atoms with van der Waals surface area (Å²) in [5.74, 6) is -0.123. The number of aromatic nitrogens is 1. The summed E-state index contributed by atoms with van der Waals surface area (Å²) in [5, 5.41) is 1.07. The van der Waals surface area contributed by atoms with Crippen LogP contribution in [-0.2, 0) is 4.79 Å². The first-order chi connectivity index (χ1) is 13.1. The van der Waals surface area contributed by atoms with E-state index in [1.54, 1.807) is 42.6 Å². The van der Waals surface area contributed by atoms with Gasteiger partial charge in [0.15, 0.2) is 4.32 Å². The molecule has 2 amide bonds. The lowest BCUT2D eigenvalue weighted by Gasteiger charge is -2.15. The third kappa shape index (κ3) is 4.60. The quantitative estimate of drug-likeness (QED) is 0.459. The van der Waals surface area contributed by atoms with Gasteiger partial charge >= 0.3 is 0 Å². The highest BCUT2D eigenvalue weighted by molar-refractivity contribution is 8.26. The lowest BCUT2D eigenvalue weighted by Crippen LogP contribution is -2.44. The standard InChI is InChI=1S/C19H15N3O3S2/c1-2-10-25-15-7-5-13(6-8-15)11-16-18(24)22(19(26)27-16)21-17(23)14-4-3-9-20-12-14/h2-9,11-12H,1,10H2,(H,21,23)/b16-11-. The van der Waals surface area contributed by atoms with Crippen LogP contribution in [0.15, 0.2) is 66.4 Å². The minimum atomic E-state index is -0.454. The van der Waals surface area contributed by atoms with Gasteiger partial charge in [-0.1, -0.05) is 36.5 Å². The van der Waals surface area contributed by atoms with Gasteiger partial charge in [-0.3, -0.25) is 20.0 Å². The van der Waals surface area contributed by atoms with E-state index in [0.717, 1.165) is 22.3 Å². The van der Waals surface area contributed by atoms with Crippen LogP contribution in [0.5, 0.6) is 5.75 Å². The molecular formula is C19H15N3O3S2. The zero-order valence-corrected chi connectivity index (χ0v) is 15.8. The van der Waals surface area contributed by atoms with Crippen LogP contribution in [0.2, 0.25) is 0 Å². The number of benzene rings is 1. The number of hydrogen-bond acceptors (Lipinski definition) is 6. The van der Waals surface area contributed by atoms with Crippen molar-refractivity contribution in [2.45, 2.75) is 0 Å². The molecule has 0 aliphatic carbocycles. The van der Waals surface area contributed by atoms with Crippen molar-refractivity contribution in [1.82, 2.24) is 15.4 Å². The Hall–Kier alpha value is -2.97.